The summed E-state index contributed by atoms with van der Waals surface area (Å²) in [7, 11) is 0. The zero-order valence-corrected chi connectivity index (χ0v) is 13.2. The molecule has 2 aliphatic carbocycles. The number of carbonyl (C=O) groups is 1. The van der Waals surface area contributed by atoms with Gasteiger partial charge in [-0.15, -0.1) is 0 Å². The van der Waals surface area contributed by atoms with Crippen LogP contribution in [0.2, 0.25) is 0 Å². The van der Waals surface area contributed by atoms with Crippen molar-refractivity contribution in [3.63, 3.8) is 0 Å². The molecule has 0 aromatic carbocycles. The van der Waals surface area contributed by atoms with Gasteiger partial charge in [0.05, 0.1) is 0 Å². The van der Waals surface area contributed by atoms with Gasteiger partial charge in [0.15, 0.2) is 0 Å². The molecule has 120 valence electrons. The van der Waals surface area contributed by atoms with Crippen molar-refractivity contribution in [1.82, 2.24) is 15.3 Å². The Balaban J connectivity index is 1.59. The van der Waals surface area contributed by atoms with Crippen LogP contribution in [0.3, 0.4) is 0 Å². The molecule has 5 nitrogen and oxygen atoms in total. The maximum Gasteiger partial charge on any atom is 0.270 e. The van der Waals surface area contributed by atoms with Crippen molar-refractivity contribution in [2.45, 2.75) is 76.3 Å². The van der Waals surface area contributed by atoms with E-state index in [9.17, 15) is 4.79 Å². The molecule has 2 fully saturated rings. The summed E-state index contributed by atoms with van der Waals surface area (Å²) in [6.07, 6.45) is 13.8. The smallest absolute Gasteiger partial charge is 0.270 e. The monoisotopic (exact) mass is 302 g/mol. The van der Waals surface area contributed by atoms with Gasteiger partial charge in [0.2, 0.25) is 5.95 Å². The second-order valence-electron chi connectivity index (χ2n) is 6.55. The SMILES string of the molecule is O=C(NC1CCCC1)c1ccnc(NC2CCCCCC2)n1. The van der Waals surface area contributed by atoms with Crippen molar-refractivity contribution in [3.8, 4) is 0 Å². The van der Waals surface area contributed by atoms with Crippen molar-refractivity contribution < 1.29 is 4.79 Å². The van der Waals surface area contributed by atoms with Crippen LogP contribution in [0, 0.1) is 0 Å². The van der Waals surface area contributed by atoms with Gasteiger partial charge < -0.3 is 10.6 Å². The average Bonchev–Trinajstić information content (AvgIpc) is 2.90. The van der Waals surface area contributed by atoms with E-state index < -0.39 is 0 Å². The fourth-order valence-corrected chi connectivity index (χ4v) is 3.49. The van der Waals surface area contributed by atoms with Crippen molar-refractivity contribution in [2.75, 3.05) is 5.32 Å². The summed E-state index contributed by atoms with van der Waals surface area (Å²) in [4.78, 5) is 21.0. The Bertz CT molecular complexity index is 491. The second-order valence-corrected chi connectivity index (χ2v) is 6.55. The lowest BCUT2D eigenvalue weighted by molar-refractivity contribution is 0.0932. The van der Waals surface area contributed by atoms with E-state index in [4.69, 9.17) is 0 Å². The molecule has 3 rings (SSSR count). The number of aromatic nitrogens is 2. The number of nitrogens with zero attached hydrogens (tertiary/aromatic N) is 2. The highest BCUT2D eigenvalue weighted by atomic mass is 16.1. The maximum atomic E-state index is 12.3. The molecule has 2 N–H and O–H groups in total. The fourth-order valence-electron chi connectivity index (χ4n) is 3.49. The first kappa shape index (κ1) is 15.3. The molecule has 0 unspecified atom stereocenters. The van der Waals surface area contributed by atoms with Gasteiger partial charge in [0.1, 0.15) is 5.69 Å². The third kappa shape index (κ3) is 4.18. The number of rotatable bonds is 4. The molecule has 0 bridgehead atoms. The molecule has 0 saturated heterocycles. The molecule has 1 aromatic rings. The number of anilines is 1. The van der Waals surface area contributed by atoms with Crippen LogP contribution in [-0.2, 0) is 0 Å². The Morgan fingerprint density at radius 1 is 0.955 bits per heavy atom. The zero-order valence-electron chi connectivity index (χ0n) is 13.2. The molecule has 22 heavy (non-hydrogen) atoms. The summed E-state index contributed by atoms with van der Waals surface area (Å²) in [6.45, 7) is 0. The molecule has 1 heterocycles. The minimum absolute atomic E-state index is 0.0711. The second kappa shape index (κ2) is 7.56. The van der Waals surface area contributed by atoms with Crippen LogP contribution in [0.1, 0.15) is 74.7 Å². The molecule has 0 atom stereocenters. The van der Waals surface area contributed by atoms with E-state index in [-0.39, 0.29) is 5.91 Å². The van der Waals surface area contributed by atoms with E-state index in [1.165, 1.54) is 51.4 Å². The molecule has 1 amide bonds. The molecule has 2 aliphatic rings. The number of hydrogen-bond donors (Lipinski definition) is 2. The molecule has 0 aliphatic heterocycles. The van der Waals surface area contributed by atoms with Crippen LogP contribution in [0.5, 0.6) is 0 Å². The quantitative estimate of drug-likeness (QED) is 0.838. The van der Waals surface area contributed by atoms with Crippen LogP contribution in [0.4, 0.5) is 5.95 Å². The lowest BCUT2D eigenvalue weighted by atomic mass is 10.1. The summed E-state index contributed by atoms with van der Waals surface area (Å²) < 4.78 is 0. The zero-order chi connectivity index (χ0) is 15.2. The predicted octanol–water partition coefficient (Wildman–Crippen LogP) is 3.28. The van der Waals surface area contributed by atoms with Crippen LogP contribution in [0.25, 0.3) is 0 Å². The third-order valence-electron chi connectivity index (χ3n) is 4.77. The van der Waals surface area contributed by atoms with Gasteiger partial charge in [-0.3, -0.25) is 4.79 Å². The lowest BCUT2D eigenvalue weighted by Crippen LogP contribution is -2.33. The molecule has 0 spiro atoms. The summed E-state index contributed by atoms with van der Waals surface area (Å²) in [6, 6.07) is 2.46. The summed E-state index contributed by atoms with van der Waals surface area (Å²) in [5.41, 5.74) is 0.470. The van der Waals surface area contributed by atoms with Crippen LogP contribution >= 0.6 is 0 Å². The van der Waals surface area contributed by atoms with E-state index in [1.54, 1.807) is 12.3 Å². The standard InChI is InChI=1S/C17H26N4O/c22-16(19-13-9-5-6-10-13)15-11-12-18-17(21-15)20-14-7-3-1-2-4-8-14/h11-14H,1-10H2,(H,19,22)(H,18,20,21). The maximum absolute atomic E-state index is 12.3. The van der Waals surface area contributed by atoms with Gasteiger partial charge in [-0.25, -0.2) is 9.97 Å². The Hall–Kier alpha value is -1.65. The summed E-state index contributed by atoms with van der Waals surface area (Å²) in [5, 5.41) is 6.49. The van der Waals surface area contributed by atoms with E-state index >= 15 is 0 Å². The first-order chi connectivity index (χ1) is 10.8. The van der Waals surface area contributed by atoms with E-state index in [1.807, 2.05) is 0 Å². The van der Waals surface area contributed by atoms with E-state index in [2.05, 4.69) is 20.6 Å². The third-order valence-corrected chi connectivity index (χ3v) is 4.77. The normalized spacial score (nSPS) is 20.5. The van der Waals surface area contributed by atoms with Crippen molar-refractivity contribution in [3.05, 3.63) is 18.0 Å². The molecule has 1 aromatic heterocycles. The van der Waals surface area contributed by atoms with E-state index in [0.29, 0.717) is 23.7 Å². The first-order valence-electron chi connectivity index (χ1n) is 8.72. The van der Waals surface area contributed by atoms with Gasteiger partial charge >= 0.3 is 0 Å². The minimum Gasteiger partial charge on any atom is -0.351 e. The molecule has 0 radical (unpaired) electrons. The Morgan fingerprint density at radius 3 is 2.32 bits per heavy atom. The molecular formula is C17H26N4O. The minimum atomic E-state index is -0.0711. The van der Waals surface area contributed by atoms with Crippen molar-refractivity contribution in [1.29, 1.82) is 0 Å². The average molecular weight is 302 g/mol. The first-order valence-corrected chi connectivity index (χ1v) is 8.72. The molecule has 2 saturated carbocycles. The van der Waals surface area contributed by atoms with Gasteiger partial charge in [-0.1, -0.05) is 38.5 Å². The number of amides is 1. The van der Waals surface area contributed by atoms with Gasteiger partial charge in [0.25, 0.3) is 5.91 Å². The van der Waals surface area contributed by atoms with Gasteiger partial charge in [-0.05, 0) is 31.7 Å². The Kier molecular flexibility index (Phi) is 5.24. The highest BCUT2D eigenvalue weighted by Gasteiger charge is 2.19. The predicted molar refractivity (Wildman–Crippen MR) is 86.9 cm³/mol. The van der Waals surface area contributed by atoms with Crippen molar-refractivity contribution in [2.24, 2.45) is 0 Å². The molecule has 5 heteroatoms. The Labute approximate surface area is 132 Å². The topological polar surface area (TPSA) is 66.9 Å². The van der Waals surface area contributed by atoms with Gasteiger partial charge in [-0.2, -0.15) is 0 Å². The van der Waals surface area contributed by atoms with Gasteiger partial charge in [0, 0.05) is 18.3 Å². The highest BCUT2D eigenvalue weighted by molar-refractivity contribution is 5.92. The largest absolute Gasteiger partial charge is 0.351 e. The van der Waals surface area contributed by atoms with Crippen LogP contribution in [0.15, 0.2) is 12.3 Å². The number of hydrogen-bond acceptors (Lipinski definition) is 4. The number of nitrogens with one attached hydrogen (secondary N) is 2. The number of carbonyl (C=O) groups excluding carboxylic acids is 1. The fraction of sp³-hybridized carbons (Fsp3) is 0.706. The van der Waals surface area contributed by atoms with E-state index in [0.717, 1.165) is 12.8 Å². The van der Waals surface area contributed by atoms with Crippen LogP contribution in [-0.4, -0.2) is 28.0 Å². The lowest BCUT2D eigenvalue weighted by Gasteiger charge is -2.16. The summed E-state index contributed by atoms with van der Waals surface area (Å²) in [5.74, 6) is 0.518. The van der Waals surface area contributed by atoms with Crippen LogP contribution < -0.4 is 10.6 Å². The highest BCUT2D eigenvalue weighted by Crippen LogP contribution is 2.20. The van der Waals surface area contributed by atoms with Crippen molar-refractivity contribution >= 4 is 11.9 Å². The summed E-state index contributed by atoms with van der Waals surface area (Å²) >= 11 is 0. The Morgan fingerprint density at radius 2 is 1.59 bits per heavy atom. The molecular weight excluding hydrogens is 276 g/mol.